The Morgan fingerprint density at radius 2 is 1.45 bits per heavy atom. The number of phenols is 1. The highest BCUT2D eigenvalue weighted by molar-refractivity contribution is 6.31. The number of ketones is 2. The molecule has 0 spiro atoms. The fourth-order valence-electron chi connectivity index (χ4n) is 10.7. The number of carbonyl (C=O) groups is 4. The maximum absolute atomic E-state index is 15.2. The Hall–Kier alpha value is -5.60. The summed E-state index contributed by atoms with van der Waals surface area (Å²) in [4.78, 5) is 63.6. The van der Waals surface area contributed by atoms with E-state index in [-0.39, 0.29) is 47.3 Å². The smallest absolute Gasteiger partial charge is 0.233 e. The largest absolute Gasteiger partial charge is 0.504 e. The summed E-state index contributed by atoms with van der Waals surface area (Å²) < 4.78 is 5.59. The number of rotatable bonds is 7. The second-order valence-electron chi connectivity index (χ2n) is 15.7. The average Bonchev–Trinajstić information content (AvgIpc) is 3.48. The lowest BCUT2D eigenvalue weighted by Crippen LogP contribution is -2.59. The first-order chi connectivity index (χ1) is 26.8. The minimum atomic E-state index is -1.42. The van der Waals surface area contributed by atoms with Crippen molar-refractivity contribution in [2.75, 3.05) is 20.2 Å². The molecule has 3 fully saturated rings. The third-order valence-electron chi connectivity index (χ3n) is 13.1. The number of hydrogen-bond acceptors (Lipinski definition) is 7. The van der Waals surface area contributed by atoms with E-state index in [9.17, 15) is 14.7 Å². The molecule has 278 valence electrons. The number of likely N-dealkylation sites (tertiary alicyclic amines) is 2. The van der Waals surface area contributed by atoms with Crippen molar-refractivity contribution in [1.82, 2.24) is 9.80 Å². The van der Waals surface area contributed by atoms with E-state index in [4.69, 9.17) is 4.74 Å². The molecule has 2 saturated heterocycles. The monoisotopic (exact) mass is 732 g/mol. The highest BCUT2D eigenvalue weighted by Gasteiger charge is 2.66. The molecule has 6 atom stereocenters. The number of phenolic OH excluding ortho intramolecular Hbond substituents is 1. The van der Waals surface area contributed by atoms with E-state index in [1.165, 1.54) is 18.7 Å². The molecule has 2 amide bonds. The van der Waals surface area contributed by atoms with Crippen molar-refractivity contribution in [3.05, 3.63) is 149 Å². The molecule has 2 aliphatic heterocycles. The molecule has 0 radical (unpaired) electrons. The SMILES string of the molecule is COc1cccc([C@H]2C3=CC[C@@H]4C(=O)N(C5CCN(Cc6ccccc6)CC5)C(=O)[C@@H]4[C@@H]3C[C@H]3C(=O)C(c4ccccc4)=CC(=O)[C@@]23c2ccccc2)c1O. The summed E-state index contributed by atoms with van der Waals surface area (Å²) in [7, 11) is 1.48. The van der Waals surface area contributed by atoms with Gasteiger partial charge in [-0.1, -0.05) is 115 Å². The minimum absolute atomic E-state index is 0.108. The van der Waals surface area contributed by atoms with Gasteiger partial charge in [0.05, 0.1) is 24.4 Å². The molecule has 55 heavy (non-hydrogen) atoms. The number of amides is 2. The molecule has 8 nitrogen and oxygen atoms in total. The molecule has 4 aromatic rings. The summed E-state index contributed by atoms with van der Waals surface area (Å²) in [6.45, 7) is 2.39. The topological polar surface area (TPSA) is 104 Å². The van der Waals surface area contributed by atoms with Crippen molar-refractivity contribution in [1.29, 1.82) is 0 Å². The number of imide groups is 1. The third-order valence-corrected chi connectivity index (χ3v) is 13.1. The Morgan fingerprint density at radius 1 is 0.782 bits per heavy atom. The molecule has 3 aliphatic carbocycles. The predicted molar refractivity (Wildman–Crippen MR) is 208 cm³/mol. The normalized spacial score (nSPS) is 28.2. The summed E-state index contributed by atoms with van der Waals surface area (Å²) in [6.07, 6.45) is 5.50. The third kappa shape index (κ3) is 5.52. The number of aromatic hydroxyl groups is 1. The molecule has 0 bridgehead atoms. The van der Waals surface area contributed by atoms with E-state index in [0.29, 0.717) is 41.5 Å². The van der Waals surface area contributed by atoms with Crippen molar-refractivity contribution < 1.29 is 29.0 Å². The van der Waals surface area contributed by atoms with Gasteiger partial charge in [0.15, 0.2) is 23.1 Å². The van der Waals surface area contributed by atoms with Crippen LogP contribution in [0.1, 0.15) is 53.9 Å². The van der Waals surface area contributed by atoms with Gasteiger partial charge in [-0.3, -0.25) is 29.0 Å². The van der Waals surface area contributed by atoms with Gasteiger partial charge in [-0.15, -0.1) is 0 Å². The quantitative estimate of drug-likeness (QED) is 0.163. The van der Waals surface area contributed by atoms with Gasteiger partial charge in [0.2, 0.25) is 11.8 Å². The lowest BCUT2D eigenvalue weighted by molar-refractivity contribution is -0.144. The van der Waals surface area contributed by atoms with Gasteiger partial charge in [-0.2, -0.15) is 0 Å². The number of para-hydroxylation sites is 1. The minimum Gasteiger partial charge on any atom is -0.504 e. The molecule has 0 aromatic heterocycles. The zero-order valence-electron chi connectivity index (χ0n) is 30.8. The zero-order chi connectivity index (χ0) is 37.8. The van der Waals surface area contributed by atoms with E-state index < -0.39 is 35.0 Å². The van der Waals surface area contributed by atoms with Crippen LogP contribution in [0.3, 0.4) is 0 Å². The molecular formula is C47H44N2O6. The van der Waals surface area contributed by atoms with Crippen LogP contribution in [0.15, 0.2) is 127 Å². The lowest BCUT2D eigenvalue weighted by Gasteiger charge is -2.55. The zero-order valence-corrected chi connectivity index (χ0v) is 30.8. The number of methoxy groups -OCH3 is 1. The van der Waals surface area contributed by atoms with Crippen LogP contribution < -0.4 is 4.74 Å². The number of hydrogen-bond donors (Lipinski definition) is 1. The van der Waals surface area contributed by atoms with E-state index in [2.05, 4.69) is 17.0 Å². The van der Waals surface area contributed by atoms with Crippen LogP contribution in [0.5, 0.6) is 11.5 Å². The van der Waals surface area contributed by atoms with Crippen LogP contribution in [0.4, 0.5) is 0 Å². The average molecular weight is 733 g/mol. The van der Waals surface area contributed by atoms with Crippen LogP contribution >= 0.6 is 0 Å². The van der Waals surface area contributed by atoms with Crippen LogP contribution in [0.25, 0.3) is 5.57 Å². The predicted octanol–water partition coefficient (Wildman–Crippen LogP) is 6.89. The van der Waals surface area contributed by atoms with Gasteiger partial charge in [-0.05, 0) is 60.4 Å². The van der Waals surface area contributed by atoms with Crippen LogP contribution in [-0.2, 0) is 31.1 Å². The number of benzene rings is 4. The first kappa shape index (κ1) is 35.1. The first-order valence-electron chi connectivity index (χ1n) is 19.4. The van der Waals surface area contributed by atoms with Crippen molar-refractivity contribution in [3.8, 4) is 11.5 Å². The number of allylic oxidation sites excluding steroid dienone is 4. The standard InChI is InChI=1S/C47H44N2O6/c1-55-39-19-11-18-35(44(39)52)42-33-20-21-34-41(46(54)49(45(34)53)32-22-24-48(25-23-32)28-29-12-5-2-6-13-29)37(33)26-38-43(51)36(30-14-7-3-8-15-30)27-40(50)47(38,42)31-16-9-4-10-17-31/h2-20,27,32,34,37-38,41-42,52H,21-26,28H2,1H3/t34-,37+,38-,41-,42+,47-/m0/s1. The van der Waals surface area contributed by atoms with Crippen molar-refractivity contribution in [2.45, 2.75) is 49.6 Å². The fourth-order valence-corrected chi connectivity index (χ4v) is 10.7. The molecular weight excluding hydrogens is 689 g/mol. The Morgan fingerprint density at radius 3 is 2.15 bits per heavy atom. The van der Waals surface area contributed by atoms with Crippen LogP contribution in [0.2, 0.25) is 0 Å². The Kier molecular flexibility index (Phi) is 8.89. The molecule has 1 saturated carbocycles. The van der Waals surface area contributed by atoms with Gasteiger partial charge in [-0.25, -0.2) is 0 Å². The first-order valence-corrected chi connectivity index (χ1v) is 19.4. The molecule has 9 rings (SSSR count). The second-order valence-corrected chi connectivity index (χ2v) is 15.7. The summed E-state index contributed by atoms with van der Waals surface area (Å²) in [6, 6.07) is 34.0. The molecule has 1 N–H and O–H groups in total. The van der Waals surface area contributed by atoms with E-state index in [1.54, 1.807) is 23.1 Å². The summed E-state index contributed by atoms with van der Waals surface area (Å²) in [5.41, 5.74) is 2.76. The van der Waals surface area contributed by atoms with Crippen LogP contribution in [-0.4, -0.2) is 64.5 Å². The number of fused-ring (bicyclic) bond motifs is 4. The number of Topliss-reactive ketones (excluding diaryl/α,β-unsaturated/α-hetero) is 1. The maximum Gasteiger partial charge on any atom is 0.233 e. The van der Waals surface area contributed by atoms with E-state index in [1.807, 2.05) is 84.9 Å². The Bertz CT molecular complexity index is 2230. The van der Waals surface area contributed by atoms with E-state index >= 15 is 9.59 Å². The van der Waals surface area contributed by atoms with Crippen molar-refractivity contribution in [3.63, 3.8) is 0 Å². The van der Waals surface area contributed by atoms with Gasteiger partial charge in [0.25, 0.3) is 0 Å². The molecule has 4 aromatic carbocycles. The number of carbonyl (C=O) groups excluding carboxylic acids is 4. The maximum atomic E-state index is 15.2. The lowest BCUT2D eigenvalue weighted by atomic mass is 9.44. The number of piperidine rings is 1. The van der Waals surface area contributed by atoms with Gasteiger partial charge in [0, 0.05) is 48.6 Å². The molecule has 0 unspecified atom stereocenters. The molecule has 5 aliphatic rings. The molecule has 8 heteroatoms. The second kappa shape index (κ2) is 13.9. The summed E-state index contributed by atoms with van der Waals surface area (Å²) in [5.74, 6) is -3.98. The highest BCUT2D eigenvalue weighted by Crippen LogP contribution is 2.65. The summed E-state index contributed by atoms with van der Waals surface area (Å²) in [5, 5.41) is 11.9. The van der Waals surface area contributed by atoms with Crippen molar-refractivity contribution in [2.24, 2.45) is 23.7 Å². The Labute approximate surface area is 321 Å². The Balaban J connectivity index is 1.14. The number of ether oxygens (including phenoxy) is 1. The van der Waals surface area contributed by atoms with Crippen LogP contribution in [0, 0.1) is 23.7 Å². The molecule has 2 heterocycles. The van der Waals surface area contributed by atoms with Gasteiger partial charge >= 0.3 is 0 Å². The van der Waals surface area contributed by atoms with Gasteiger partial charge in [0.1, 0.15) is 0 Å². The van der Waals surface area contributed by atoms with E-state index in [0.717, 1.165) is 25.2 Å². The number of nitrogens with zero attached hydrogens (tertiary/aromatic N) is 2. The summed E-state index contributed by atoms with van der Waals surface area (Å²) >= 11 is 0. The van der Waals surface area contributed by atoms with Gasteiger partial charge < -0.3 is 9.84 Å². The van der Waals surface area contributed by atoms with Crippen molar-refractivity contribution >= 4 is 29.0 Å². The fraction of sp³-hybridized carbons (Fsp3) is 0.319. The highest BCUT2D eigenvalue weighted by atomic mass is 16.5.